The van der Waals surface area contributed by atoms with E-state index in [0.717, 1.165) is 35.7 Å². The van der Waals surface area contributed by atoms with E-state index in [9.17, 15) is 9.59 Å². The van der Waals surface area contributed by atoms with E-state index in [1.807, 2.05) is 24.3 Å². The lowest BCUT2D eigenvalue weighted by Gasteiger charge is -2.41. The maximum atomic E-state index is 12.8. The van der Waals surface area contributed by atoms with Gasteiger partial charge in [-0.15, -0.1) is 0 Å². The van der Waals surface area contributed by atoms with Crippen molar-refractivity contribution in [2.75, 3.05) is 6.54 Å². The summed E-state index contributed by atoms with van der Waals surface area (Å²) in [6.07, 6.45) is 5.10. The summed E-state index contributed by atoms with van der Waals surface area (Å²) >= 11 is 3.42. The maximum absolute atomic E-state index is 12.8. The fourth-order valence-corrected chi connectivity index (χ4v) is 4.50. The third kappa shape index (κ3) is 4.22. The Labute approximate surface area is 178 Å². The summed E-state index contributed by atoms with van der Waals surface area (Å²) < 4.78 is 6.52. The molecule has 0 spiro atoms. The first-order valence-electron chi connectivity index (χ1n) is 10.3. The molecule has 29 heavy (non-hydrogen) atoms. The molecule has 154 valence electrons. The molecule has 2 fully saturated rings. The van der Waals surface area contributed by atoms with Crippen molar-refractivity contribution in [2.24, 2.45) is 5.92 Å². The van der Waals surface area contributed by atoms with Gasteiger partial charge in [0.1, 0.15) is 0 Å². The third-order valence-corrected chi connectivity index (χ3v) is 6.39. The maximum Gasteiger partial charge on any atom is 0.324 e. The highest BCUT2D eigenvalue weighted by atomic mass is 79.9. The molecule has 8 heteroatoms. The van der Waals surface area contributed by atoms with Crippen LogP contribution < -0.4 is 5.32 Å². The van der Waals surface area contributed by atoms with E-state index in [0.29, 0.717) is 31.1 Å². The number of hydrogen-bond acceptors (Lipinski definition) is 5. The molecule has 1 aromatic heterocycles. The minimum absolute atomic E-state index is 0.0330. The molecule has 2 aromatic rings. The van der Waals surface area contributed by atoms with Gasteiger partial charge in [-0.05, 0) is 49.9 Å². The summed E-state index contributed by atoms with van der Waals surface area (Å²) in [5.41, 5.74) is 0.890. The molecular formula is C21H25BrN4O3. The Bertz CT molecular complexity index is 882. The van der Waals surface area contributed by atoms with Gasteiger partial charge in [-0.25, -0.2) is 4.79 Å². The van der Waals surface area contributed by atoms with Gasteiger partial charge in [0.2, 0.25) is 17.6 Å². The average Bonchev–Trinajstić information content (AvgIpc) is 3.21. The number of rotatable bonds is 6. The van der Waals surface area contributed by atoms with Gasteiger partial charge < -0.3 is 9.84 Å². The Hall–Kier alpha value is -2.22. The summed E-state index contributed by atoms with van der Waals surface area (Å²) in [6, 6.07) is 7.30. The number of urea groups is 1. The minimum atomic E-state index is -0.269. The van der Waals surface area contributed by atoms with Gasteiger partial charge in [-0.1, -0.05) is 40.9 Å². The number of carbonyl (C=O) groups excluding carboxylic acids is 2. The number of carbonyl (C=O) groups is 2. The number of nitrogens with one attached hydrogen (secondary N) is 1. The van der Waals surface area contributed by atoms with Crippen molar-refractivity contribution in [3.05, 3.63) is 34.6 Å². The highest BCUT2D eigenvalue weighted by Gasteiger charge is 2.45. The summed E-state index contributed by atoms with van der Waals surface area (Å²) in [7, 11) is 0. The Kier molecular flexibility index (Phi) is 5.99. The normalized spacial score (nSPS) is 24.3. The van der Waals surface area contributed by atoms with E-state index >= 15 is 0 Å². The molecule has 2 heterocycles. The quantitative estimate of drug-likeness (QED) is 0.641. The number of unbranched alkanes of at least 4 members (excludes halogenated alkanes) is 2. The molecule has 1 aliphatic heterocycles. The molecule has 2 aliphatic rings. The van der Waals surface area contributed by atoms with E-state index in [1.165, 1.54) is 4.90 Å². The van der Waals surface area contributed by atoms with E-state index < -0.39 is 0 Å². The highest BCUT2D eigenvalue weighted by Crippen LogP contribution is 2.38. The summed E-state index contributed by atoms with van der Waals surface area (Å²) in [5, 5.41) is 7.16. The van der Waals surface area contributed by atoms with E-state index in [1.54, 1.807) is 0 Å². The first-order chi connectivity index (χ1) is 14.1. The largest absolute Gasteiger partial charge is 0.339 e. The molecule has 3 unspecified atom stereocenters. The third-order valence-electron chi connectivity index (χ3n) is 5.87. The predicted octanol–water partition coefficient (Wildman–Crippen LogP) is 4.49. The number of aromatic nitrogens is 2. The zero-order valence-electron chi connectivity index (χ0n) is 16.4. The number of imide groups is 1. The van der Waals surface area contributed by atoms with Crippen LogP contribution in [-0.2, 0) is 4.79 Å². The smallest absolute Gasteiger partial charge is 0.324 e. The van der Waals surface area contributed by atoms with Crippen molar-refractivity contribution in [1.29, 1.82) is 0 Å². The molecule has 1 saturated carbocycles. The van der Waals surface area contributed by atoms with Crippen LogP contribution in [0.1, 0.15) is 57.3 Å². The topological polar surface area (TPSA) is 88.3 Å². The molecule has 4 rings (SSSR count). The highest BCUT2D eigenvalue weighted by molar-refractivity contribution is 9.10. The van der Waals surface area contributed by atoms with Gasteiger partial charge in [-0.3, -0.25) is 9.69 Å². The van der Waals surface area contributed by atoms with Crippen LogP contribution in [0.3, 0.4) is 0 Å². The van der Waals surface area contributed by atoms with Crippen LogP contribution in [0, 0.1) is 5.92 Å². The number of halogens is 1. The van der Waals surface area contributed by atoms with Crippen LogP contribution in [0.15, 0.2) is 33.3 Å². The van der Waals surface area contributed by atoms with Crippen molar-refractivity contribution in [1.82, 2.24) is 20.4 Å². The predicted molar refractivity (Wildman–Crippen MR) is 111 cm³/mol. The van der Waals surface area contributed by atoms with Crippen LogP contribution in [0.2, 0.25) is 0 Å². The lowest BCUT2D eigenvalue weighted by Crippen LogP contribution is -2.61. The Balaban J connectivity index is 1.42. The van der Waals surface area contributed by atoms with E-state index in [2.05, 4.69) is 38.3 Å². The molecule has 7 nitrogen and oxygen atoms in total. The lowest BCUT2D eigenvalue weighted by atomic mass is 9.76. The second-order valence-electron chi connectivity index (χ2n) is 7.83. The second-order valence-corrected chi connectivity index (χ2v) is 8.75. The van der Waals surface area contributed by atoms with Gasteiger partial charge in [-0.2, -0.15) is 4.98 Å². The summed E-state index contributed by atoms with van der Waals surface area (Å²) in [6.45, 7) is 2.61. The fraction of sp³-hybridized carbons (Fsp3) is 0.524. The first-order valence-corrected chi connectivity index (χ1v) is 11.1. The number of fused-ring (bicyclic) bond motifs is 1. The van der Waals surface area contributed by atoms with Gasteiger partial charge in [0.05, 0.1) is 5.92 Å². The van der Waals surface area contributed by atoms with Gasteiger partial charge in [0, 0.05) is 28.5 Å². The molecule has 0 radical (unpaired) electrons. The number of amides is 3. The van der Waals surface area contributed by atoms with Crippen LogP contribution >= 0.6 is 15.9 Å². The number of nitrogens with zero attached hydrogens (tertiary/aromatic N) is 3. The first kappa shape index (κ1) is 20.1. The SMILES string of the molecule is CCCCCN1C(=O)NC2CC(c3nc(-c4ccc(Br)cc4)no3)CCC2C1=O. The zero-order chi connectivity index (χ0) is 20.4. The Morgan fingerprint density at radius 1 is 1.21 bits per heavy atom. The molecule has 3 amide bonds. The number of benzene rings is 1. The standard InChI is InChI=1S/C21H25BrN4O3/c1-2-3-4-11-26-20(27)16-10-7-14(12-17(16)23-21(26)28)19-24-18(25-29-19)13-5-8-15(22)9-6-13/h5-6,8-9,14,16-17H,2-4,7,10-12H2,1H3,(H,23,28). The van der Waals surface area contributed by atoms with E-state index in [4.69, 9.17) is 4.52 Å². The van der Waals surface area contributed by atoms with Gasteiger partial charge in [0.15, 0.2) is 0 Å². The molecule has 1 N–H and O–H groups in total. The zero-order valence-corrected chi connectivity index (χ0v) is 18.0. The second kappa shape index (κ2) is 8.65. The van der Waals surface area contributed by atoms with Gasteiger partial charge >= 0.3 is 6.03 Å². The summed E-state index contributed by atoms with van der Waals surface area (Å²) in [4.78, 5) is 31.3. The average molecular weight is 461 g/mol. The van der Waals surface area contributed by atoms with E-state index in [-0.39, 0.29) is 29.8 Å². The monoisotopic (exact) mass is 460 g/mol. The summed E-state index contributed by atoms with van der Waals surface area (Å²) in [5.74, 6) is 0.996. The van der Waals surface area contributed by atoms with Crippen molar-refractivity contribution in [3.8, 4) is 11.4 Å². The van der Waals surface area contributed by atoms with Crippen molar-refractivity contribution in [3.63, 3.8) is 0 Å². The fourth-order valence-electron chi connectivity index (χ4n) is 4.24. The van der Waals surface area contributed by atoms with Crippen molar-refractivity contribution in [2.45, 2.75) is 57.4 Å². The minimum Gasteiger partial charge on any atom is -0.339 e. The van der Waals surface area contributed by atoms with Crippen LogP contribution in [-0.4, -0.2) is 39.6 Å². The van der Waals surface area contributed by atoms with Crippen molar-refractivity contribution >= 4 is 27.9 Å². The van der Waals surface area contributed by atoms with Crippen molar-refractivity contribution < 1.29 is 14.1 Å². The number of hydrogen-bond donors (Lipinski definition) is 1. The molecule has 1 saturated heterocycles. The Morgan fingerprint density at radius 2 is 2.00 bits per heavy atom. The van der Waals surface area contributed by atoms with Crippen LogP contribution in [0.4, 0.5) is 4.79 Å². The Morgan fingerprint density at radius 3 is 2.76 bits per heavy atom. The molecule has 0 bridgehead atoms. The molecule has 1 aromatic carbocycles. The molecule has 1 aliphatic carbocycles. The van der Waals surface area contributed by atoms with Crippen LogP contribution in [0.5, 0.6) is 0 Å². The van der Waals surface area contributed by atoms with Crippen LogP contribution in [0.25, 0.3) is 11.4 Å². The molecular weight excluding hydrogens is 436 g/mol. The lowest BCUT2D eigenvalue weighted by molar-refractivity contribution is -0.136. The molecule has 3 atom stereocenters. The van der Waals surface area contributed by atoms with Gasteiger partial charge in [0.25, 0.3) is 0 Å².